The standard InChI is InChI=1S/2C6H14O3/c1-5(7)3-9-4-6(2)8;1-5(3-7)9-6(2)4-8/h2*5-8H,3-4H2,1-2H3. The summed E-state index contributed by atoms with van der Waals surface area (Å²) < 4.78 is 9.91. The minimum atomic E-state index is -0.441. The van der Waals surface area contributed by atoms with Gasteiger partial charge in [-0.2, -0.15) is 0 Å². The Kier molecular flexibility index (Phi) is 14.7. The molecule has 0 amide bonds. The van der Waals surface area contributed by atoms with Crippen LogP contribution in [0.15, 0.2) is 0 Å². The third-order valence-corrected chi connectivity index (χ3v) is 1.70. The maximum Gasteiger partial charge on any atom is 0.0782 e. The lowest BCUT2D eigenvalue weighted by Gasteiger charge is -2.14. The smallest absolute Gasteiger partial charge is 0.0782 e. The molecule has 0 bridgehead atoms. The van der Waals surface area contributed by atoms with Gasteiger partial charge in [0, 0.05) is 0 Å². The molecule has 0 aliphatic heterocycles. The molecule has 4 N–H and O–H groups in total. The molecule has 6 nitrogen and oxygen atoms in total. The fourth-order valence-corrected chi connectivity index (χ4v) is 0.892. The van der Waals surface area contributed by atoms with E-state index in [1.54, 1.807) is 27.7 Å². The van der Waals surface area contributed by atoms with E-state index >= 15 is 0 Å². The summed E-state index contributed by atoms with van der Waals surface area (Å²) in [5.41, 5.74) is 0. The molecule has 0 fully saturated rings. The van der Waals surface area contributed by atoms with Crippen LogP contribution in [0.25, 0.3) is 0 Å². The van der Waals surface area contributed by atoms with Crippen LogP contribution in [0.1, 0.15) is 27.7 Å². The number of hydrogen-bond donors (Lipinski definition) is 4. The van der Waals surface area contributed by atoms with Crippen LogP contribution in [0.2, 0.25) is 0 Å². The molecule has 0 radical (unpaired) electrons. The lowest BCUT2D eigenvalue weighted by molar-refractivity contribution is -0.0424. The lowest BCUT2D eigenvalue weighted by Crippen LogP contribution is -2.22. The quantitative estimate of drug-likeness (QED) is 0.475. The Morgan fingerprint density at radius 3 is 1.33 bits per heavy atom. The number of rotatable bonds is 8. The van der Waals surface area contributed by atoms with Gasteiger partial charge in [0.25, 0.3) is 0 Å². The highest BCUT2D eigenvalue weighted by Crippen LogP contribution is 1.94. The van der Waals surface area contributed by atoms with E-state index in [-0.39, 0.29) is 25.4 Å². The van der Waals surface area contributed by atoms with Gasteiger partial charge in [0.05, 0.1) is 50.8 Å². The molecule has 4 atom stereocenters. The molecule has 0 heterocycles. The van der Waals surface area contributed by atoms with Crippen LogP contribution in [0.4, 0.5) is 0 Å². The van der Waals surface area contributed by atoms with Gasteiger partial charge in [0.15, 0.2) is 0 Å². The highest BCUT2D eigenvalue weighted by atomic mass is 16.5. The monoisotopic (exact) mass is 268 g/mol. The van der Waals surface area contributed by atoms with Gasteiger partial charge in [0.2, 0.25) is 0 Å². The normalized spacial score (nSPS) is 17.3. The summed E-state index contributed by atoms with van der Waals surface area (Å²) >= 11 is 0. The third-order valence-electron chi connectivity index (χ3n) is 1.70. The van der Waals surface area contributed by atoms with Gasteiger partial charge in [-0.3, -0.25) is 0 Å². The first-order chi connectivity index (χ1) is 8.33. The van der Waals surface area contributed by atoms with Gasteiger partial charge < -0.3 is 29.9 Å². The number of aliphatic hydroxyl groups is 4. The zero-order valence-electron chi connectivity index (χ0n) is 11.7. The zero-order valence-corrected chi connectivity index (χ0v) is 11.7. The Hall–Kier alpha value is -0.240. The van der Waals surface area contributed by atoms with Gasteiger partial charge in [0.1, 0.15) is 0 Å². The SMILES string of the molecule is CC(CO)OC(C)CO.CC(O)COCC(C)O. The first kappa shape index (κ1) is 20.1. The Labute approximate surface area is 109 Å². The van der Waals surface area contributed by atoms with Crippen molar-refractivity contribution in [2.75, 3.05) is 26.4 Å². The average Bonchev–Trinajstić information content (AvgIpc) is 2.28. The fourth-order valence-electron chi connectivity index (χ4n) is 0.892. The Balaban J connectivity index is 0. The molecule has 112 valence electrons. The van der Waals surface area contributed by atoms with Gasteiger partial charge in [-0.15, -0.1) is 0 Å². The van der Waals surface area contributed by atoms with Crippen molar-refractivity contribution in [1.82, 2.24) is 0 Å². The van der Waals surface area contributed by atoms with E-state index in [4.69, 9.17) is 29.9 Å². The number of ether oxygens (including phenoxy) is 2. The minimum Gasteiger partial charge on any atom is -0.394 e. The van der Waals surface area contributed by atoms with Crippen molar-refractivity contribution in [2.24, 2.45) is 0 Å². The van der Waals surface area contributed by atoms with Gasteiger partial charge in [-0.05, 0) is 27.7 Å². The summed E-state index contributed by atoms with van der Waals surface area (Å²) in [5, 5.41) is 34.3. The van der Waals surface area contributed by atoms with Crippen molar-refractivity contribution in [1.29, 1.82) is 0 Å². The first-order valence-corrected chi connectivity index (χ1v) is 6.14. The fraction of sp³-hybridized carbons (Fsp3) is 1.00. The topological polar surface area (TPSA) is 99.4 Å². The molecule has 0 aliphatic rings. The molecule has 0 aliphatic carbocycles. The highest BCUT2D eigenvalue weighted by molar-refractivity contribution is 4.50. The van der Waals surface area contributed by atoms with Crippen LogP contribution < -0.4 is 0 Å². The van der Waals surface area contributed by atoms with Crippen molar-refractivity contribution < 1.29 is 29.9 Å². The van der Waals surface area contributed by atoms with Crippen LogP contribution in [0.5, 0.6) is 0 Å². The van der Waals surface area contributed by atoms with E-state index in [0.29, 0.717) is 13.2 Å². The van der Waals surface area contributed by atoms with Crippen LogP contribution in [0.3, 0.4) is 0 Å². The van der Waals surface area contributed by atoms with E-state index in [1.165, 1.54) is 0 Å². The van der Waals surface area contributed by atoms with Crippen molar-refractivity contribution >= 4 is 0 Å². The van der Waals surface area contributed by atoms with Gasteiger partial charge in [-0.1, -0.05) is 0 Å². The van der Waals surface area contributed by atoms with E-state index < -0.39 is 12.2 Å². The number of aliphatic hydroxyl groups excluding tert-OH is 4. The second-order valence-corrected chi connectivity index (χ2v) is 4.36. The molecule has 0 saturated carbocycles. The lowest BCUT2D eigenvalue weighted by atomic mass is 10.4. The van der Waals surface area contributed by atoms with Gasteiger partial charge in [-0.25, -0.2) is 0 Å². The van der Waals surface area contributed by atoms with E-state index in [9.17, 15) is 0 Å². The Morgan fingerprint density at radius 1 is 0.778 bits per heavy atom. The van der Waals surface area contributed by atoms with Gasteiger partial charge >= 0.3 is 0 Å². The Bertz CT molecular complexity index is 147. The summed E-state index contributed by atoms with van der Waals surface area (Å²) in [6.45, 7) is 7.40. The minimum absolute atomic E-state index is 0.00431. The van der Waals surface area contributed by atoms with Crippen molar-refractivity contribution in [3.8, 4) is 0 Å². The summed E-state index contributed by atoms with van der Waals surface area (Å²) in [5.74, 6) is 0. The van der Waals surface area contributed by atoms with E-state index in [2.05, 4.69) is 0 Å². The average molecular weight is 268 g/mol. The maximum atomic E-state index is 8.66. The van der Waals surface area contributed by atoms with Crippen molar-refractivity contribution in [2.45, 2.75) is 52.1 Å². The van der Waals surface area contributed by atoms with Crippen LogP contribution in [-0.2, 0) is 9.47 Å². The molecule has 0 saturated heterocycles. The molecule has 0 aromatic rings. The molecule has 4 unspecified atom stereocenters. The molecule has 6 heteroatoms. The third kappa shape index (κ3) is 18.1. The summed E-state index contributed by atoms with van der Waals surface area (Å²) in [7, 11) is 0. The first-order valence-electron chi connectivity index (χ1n) is 6.14. The number of hydrogen-bond acceptors (Lipinski definition) is 6. The summed E-state index contributed by atoms with van der Waals surface area (Å²) in [6, 6.07) is 0. The van der Waals surface area contributed by atoms with E-state index in [1.807, 2.05) is 0 Å². The molecular formula is C12H28O6. The summed E-state index contributed by atoms with van der Waals surface area (Å²) in [4.78, 5) is 0. The molecule has 18 heavy (non-hydrogen) atoms. The maximum absolute atomic E-state index is 8.66. The Morgan fingerprint density at radius 2 is 1.11 bits per heavy atom. The largest absolute Gasteiger partial charge is 0.394 e. The second-order valence-electron chi connectivity index (χ2n) is 4.36. The predicted molar refractivity (Wildman–Crippen MR) is 68.4 cm³/mol. The predicted octanol–water partition coefficient (Wildman–Crippen LogP) is -0.471. The molecule has 0 aromatic heterocycles. The summed E-state index contributed by atoms with van der Waals surface area (Å²) in [6.07, 6.45) is -1.23. The zero-order chi connectivity index (χ0) is 14.6. The second kappa shape index (κ2) is 13.2. The van der Waals surface area contributed by atoms with Crippen LogP contribution in [-0.4, -0.2) is 71.3 Å². The van der Waals surface area contributed by atoms with Crippen LogP contribution >= 0.6 is 0 Å². The highest BCUT2D eigenvalue weighted by Gasteiger charge is 2.04. The molecule has 0 aromatic carbocycles. The van der Waals surface area contributed by atoms with E-state index in [0.717, 1.165) is 0 Å². The molecule has 0 spiro atoms. The van der Waals surface area contributed by atoms with Crippen LogP contribution in [0, 0.1) is 0 Å². The van der Waals surface area contributed by atoms with Crippen molar-refractivity contribution in [3.63, 3.8) is 0 Å². The molecular weight excluding hydrogens is 240 g/mol. The molecule has 0 rings (SSSR count). The van der Waals surface area contributed by atoms with Crippen molar-refractivity contribution in [3.05, 3.63) is 0 Å².